The molecule has 0 saturated heterocycles. The molecule has 0 saturated carbocycles. The fourth-order valence-electron chi connectivity index (χ4n) is 5.49. The number of rotatable bonds is 36. The topological polar surface area (TPSA) is 99.1 Å². The zero-order chi connectivity index (χ0) is 41.4. The summed E-state index contributed by atoms with van der Waals surface area (Å²) in [6.45, 7) is 4.40. The second-order valence-electron chi connectivity index (χ2n) is 14.8. The van der Waals surface area contributed by atoms with Gasteiger partial charge in [0, 0.05) is 19.3 Å². The van der Waals surface area contributed by atoms with Crippen molar-refractivity contribution in [3.05, 3.63) is 97.2 Å². The molecule has 8 heteroatoms. The fourth-order valence-corrected chi connectivity index (χ4v) is 5.49. The average molecular weight is 781 g/mol. The molecule has 0 aromatic heterocycles. The number of quaternary nitrogens is 1. The van der Waals surface area contributed by atoms with Crippen LogP contribution < -0.4 is 0 Å². The van der Waals surface area contributed by atoms with Gasteiger partial charge in [-0.15, -0.1) is 0 Å². The fraction of sp³-hybridized carbons (Fsp3) is 0.604. The number of carbonyl (C=O) groups is 3. The van der Waals surface area contributed by atoms with Gasteiger partial charge in [0.2, 0.25) is 0 Å². The third-order valence-corrected chi connectivity index (χ3v) is 8.73. The molecule has 0 fully saturated rings. The van der Waals surface area contributed by atoms with Crippen molar-refractivity contribution in [1.29, 1.82) is 0 Å². The lowest BCUT2D eigenvalue weighted by Crippen LogP contribution is -2.50. The van der Waals surface area contributed by atoms with E-state index in [4.69, 9.17) is 14.2 Å². The molecule has 0 aliphatic rings. The van der Waals surface area contributed by atoms with Crippen molar-refractivity contribution in [2.75, 3.05) is 41.0 Å². The number of esters is 2. The van der Waals surface area contributed by atoms with Gasteiger partial charge in [0.05, 0.1) is 34.4 Å². The maximum atomic E-state index is 12.7. The van der Waals surface area contributed by atoms with Crippen molar-refractivity contribution in [3.8, 4) is 0 Å². The monoisotopic (exact) mass is 781 g/mol. The summed E-state index contributed by atoms with van der Waals surface area (Å²) in [5.74, 6) is -1.58. The Kier molecular flexibility index (Phi) is 35.6. The summed E-state index contributed by atoms with van der Waals surface area (Å²) in [7, 11) is 5.49. The highest BCUT2D eigenvalue weighted by Crippen LogP contribution is 2.12. The van der Waals surface area contributed by atoms with E-state index >= 15 is 0 Å². The zero-order valence-electron chi connectivity index (χ0n) is 35.8. The highest BCUT2D eigenvalue weighted by atomic mass is 16.6. The van der Waals surface area contributed by atoms with Gasteiger partial charge in [-0.2, -0.15) is 0 Å². The van der Waals surface area contributed by atoms with Crippen LogP contribution in [-0.2, 0) is 28.6 Å². The third-order valence-electron chi connectivity index (χ3n) is 8.73. The molecule has 316 valence electrons. The number of ether oxygens (including phenoxy) is 3. The standard InChI is InChI=1S/C48H77NO7/c1-6-8-10-12-14-16-18-20-21-22-23-24-25-26-27-29-30-32-34-36-38-46(50)55-43-44(42-54-41-40-45(48(52)53)49(3,4)5)56-47(51)39-37-35-33-31-28-19-17-15-13-11-9-7-2/h8-11,14-17,20-21,23-24,26-27,30,32,44-45H,6-7,12-13,18-19,22,25,28-29,31,33-43H2,1-5H3/p+1/b10-8+,11-9+,16-14+,17-15+,21-20+,24-23+,27-26+,32-30+. The smallest absolute Gasteiger partial charge is 0.362 e. The number of allylic oxidation sites excluding steroid dienone is 16. The molecule has 0 spiro atoms. The predicted molar refractivity (Wildman–Crippen MR) is 233 cm³/mol. The van der Waals surface area contributed by atoms with Gasteiger partial charge in [0.15, 0.2) is 12.1 Å². The quantitative estimate of drug-likeness (QED) is 0.0292. The molecule has 1 N–H and O–H groups in total. The first-order valence-corrected chi connectivity index (χ1v) is 21.3. The Bertz CT molecular complexity index is 1230. The molecule has 0 aromatic rings. The predicted octanol–water partition coefficient (Wildman–Crippen LogP) is 11.5. The lowest BCUT2D eigenvalue weighted by Gasteiger charge is -2.31. The summed E-state index contributed by atoms with van der Waals surface area (Å²) < 4.78 is 17.2. The maximum Gasteiger partial charge on any atom is 0.362 e. The van der Waals surface area contributed by atoms with E-state index in [0.29, 0.717) is 19.3 Å². The van der Waals surface area contributed by atoms with Crippen molar-refractivity contribution >= 4 is 17.9 Å². The van der Waals surface area contributed by atoms with Crippen molar-refractivity contribution < 1.29 is 38.2 Å². The summed E-state index contributed by atoms with van der Waals surface area (Å²) in [5, 5.41) is 9.60. The highest BCUT2D eigenvalue weighted by Gasteiger charge is 2.31. The Hall–Kier alpha value is -3.75. The van der Waals surface area contributed by atoms with Gasteiger partial charge in [-0.3, -0.25) is 9.59 Å². The number of hydrogen-bond donors (Lipinski definition) is 1. The molecule has 8 nitrogen and oxygen atoms in total. The van der Waals surface area contributed by atoms with Gasteiger partial charge in [-0.05, 0) is 83.5 Å². The molecule has 2 atom stereocenters. The van der Waals surface area contributed by atoms with E-state index in [1.54, 1.807) is 0 Å². The molecular weight excluding hydrogens is 703 g/mol. The third kappa shape index (κ3) is 35.9. The van der Waals surface area contributed by atoms with Crippen LogP contribution in [-0.4, -0.2) is 80.6 Å². The summed E-state index contributed by atoms with van der Waals surface area (Å²) in [6, 6.07) is -0.631. The number of aliphatic carboxylic acids is 1. The molecule has 0 aliphatic carbocycles. The summed E-state index contributed by atoms with van der Waals surface area (Å²) in [4.78, 5) is 36.9. The van der Waals surface area contributed by atoms with Crippen molar-refractivity contribution in [2.45, 2.75) is 148 Å². The number of carboxylic acid groups (broad SMARTS) is 1. The largest absolute Gasteiger partial charge is 0.477 e. The van der Waals surface area contributed by atoms with Crippen molar-refractivity contribution in [3.63, 3.8) is 0 Å². The highest BCUT2D eigenvalue weighted by molar-refractivity contribution is 5.72. The van der Waals surface area contributed by atoms with Crippen LogP contribution >= 0.6 is 0 Å². The van der Waals surface area contributed by atoms with E-state index in [0.717, 1.165) is 96.3 Å². The Morgan fingerprint density at radius 3 is 1.45 bits per heavy atom. The normalized spacial score (nSPS) is 13.9. The first kappa shape index (κ1) is 52.2. The maximum absolute atomic E-state index is 12.7. The first-order chi connectivity index (χ1) is 27.1. The van der Waals surface area contributed by atoms with E-state index in [1.165, 1.54) is 0 Å². The van der Waals surface area contributed by atoms with Crippen molar-refractivity contribution in [1.82, 2.24) is 0 Å². The van der Waals surface area contributed by atoms with Gasteiger partial charge in [0.25, 0.3) is 0 Å². The first-order valence-electron chi connectivity index (χ1n) is 21.3. The Labute approximate surface area is 341 Å². The van der Waals surface area contributed by atoms with E-state index in [1.807, 2.05) is 21.1 Å². The SMILES string of the molecule is CC/C=C/C/C=C/C/C=C/C/C=C/C/C=C/C/C=C/CCCC(=O)OCC(COCCC(C(=O)O)[N+](C)(C)C)OC(=O)CCCCCCC/C=C/C/C=C/CC. The Morgan fingerprint density at radius 2 is 0.964 bits per heavy atom. The molecule has 0 heterocycles. The average Bonchev–Trinajstić information content (AvgIpc) is 3.15. The lowest BCUT2D eigenvalue weighted by molar-refractivity contribution is -0.887. The second-order valence-corrected chi connectivity index (χ2v) is 14.8. The molecule has 0 aromatic carbocycles. The summed E-state index contributed by atoms with van der Waals surface area (Å²) in [6.07, 6.45) is 50.3. The van der Waals surface area contributed by atoms with E-state index in [-0.39, 0.29) is 42.7 Å². The lowest BCUT2D eigenvalue weighted by atomic mass is 10.1. The molecule has 0 rings (SSSR count). The van der Waals surface area contributed by atoms with Gasteiger partial charge in [0.1, 0.15) is 6.61 Å². The zero-order valence-corrected chi connectivity index (χ0v) is 35.8. The molecule has 0 amide bonds. The molecule has 0 radical (unpaired) electrons. The van der Waals surface area contributed by atoms with Crippen LogP contribution in [0.4, 0.5) is 0 Å². The van der Waals surface area contributed by atoms with Crippen molar-refractivity contribution in [2.24, 2.45) is 0 Å². The van der Waals surface area contributed by atoms with Gasteiger partial charge in [-0.25, -0.2) is 4.79 Å². The van der Waals surface area contributed by atoms with Gasteiger partial charge >= 0.3 is 17.9 Å². The Balaban J connectivity index is 4.48. The van der Waals surface area contributed by atoms with Crippen LogP contribution in [0.25, 0.3) is 0 Å². The number of hydrogen-bond acceptors (Lipinski definition) is 6. The number of likely N-dealkylation sites (N-methyl/N-ethyl adjacent to an activating group) is 1. The molecule has 56 heavy (non-hydrogen) atoms. The van der Waals surface area contributed by atoms with Gasteiger partial charge < -0.3 is 23.8 Å². The van der Waals surface area contributed by atoms with Crippen LogP contribution in [0.15, 0.2) is 97.2 Å². The minimum atomic E-state index is -0.890. The minimum Gasteiger partial charge on any atom is -0.477 e. The molecule has 0 aliphatic heterocycles. The second kappa shape index (κ2) is 38.1. The molecule has 0 bridgehead atoms. The number of nitrogens with zero attached hydrogens (tertiary/aromatic N) is 1. The van der Waals surface area contributed by atoms with Crippen LogP contribution in [0, 0.1) is 0 Å². The minimum absolute atomic E-state index is 0.0305. The van der Waals surface area contributed by atoms with E-state index < -0.39 is 18.1 Å². The van der Waals surface area contributed by atoms with E-state index in [9.17, 15) is 19.5 Å². The number of carbonyl (C=O) groups excluding carboxylic acids is 2. The van der Waals surface area contributed by atoms with Crippen LogP contribution in [0.1, 0.15) is 136 Å². The van der Waals surface area contributed by atoms with Crippen LogP contribution in [0.3, 0.4) is 0 Å². The van der Waals surface area contributed by atoms with Crippen LogP contribution in [0.2, 0.25) is 0 Å². The Morgan fingerprint density at radius 1 is 0.536 bits per heavy atom. The van der Waals surface area contributed by atoms with Gasteiger partial charge in [-0.1, -0.05) is 130 Å². The molecule has 2 unspecified atom stereocenters. The summed E-state index contributed by atoms with van der Waals surface area (Å²) >= 11 is 0. The number of carboxylic acids is 1. The molecular formula is C48H78NO7+. The summed E-state index contributed by atoms with van der Waals surface area (Å²) in [5.41, 5.74) is 0. The number of unbranched alkanes of at least 4 members (excludes halogenated alkanes) is 6. The van der Waals surface area contributed by atoms with Crippen LogP contribution in [0.5, 0.6) is 0 Å². The van der Waals surface area contributed by atoms with E-state index in [2.05, 4.69) is 111 Å².